The molecule has 1 aliphatic rings. The summed E-state index contributed by atoms with van der Waals surface area (Å²) in [7, 11) is -1.48. The number of hydrogen-bond acceptors (Lipinski definition) is 5. The van der Waals surface area contributed by atoms with Crippen LogP contribution < -0.4 is 14.2 Å². The minimum absolute atomic E-state index is 0.0346. The lowest BCUT2D eigenvalue weighted by Crippen LogP contribution is -2.44. The third-order valence-corrected chi connectivity index (χ3v) is 5.30. The molecular formula is C18H30N2O4S. The second kappa shape index (κ2) is 8.87. The molecule has 1 aromatic carbocycles. The molecule has 0 saturated carbocycles. The highest BCUT2D eigenvalue weighted by Gasteiger charge is 2.23. The number of rotatable bonds is 8. The van der Waals surface area contributed by atoms with Crippen LogP contribution in [0, 0.1) is 0 Å². The van der Waals surface area contributed by atoms with Crippen LogP contribution in [-0.4, -0.2) is 51.9 Å². The molecule has 0 unspecified atom stereocenters. The monoisotopic (exact) mass is 370 g/mol. The van der Waals surface area contributed by atoms with Crippen LogP contribution in [0.1, 0.15) is 38.7 Å². The summed E-state index contributed by atoms with van der Waals surface area (Å²) in [5, 5.41) is 0. The summed E-state index contributed by atoms with van der Waals surface area (Å²) in [6.07, 6.45) is 3.91. The van der Waals surface area contributed by atoms with Crippen LogP contribution in [0.25, 0.3) is 0 Å². The third kappa shape index (κ3) is 6.17. The number of para-hydroxylation sites is 1. The molecule has 0 radical (unpaired) electrons. The molecule has 0 bridgehead atoms. The van der Waals surface area contributed by atoms with Crippen molar-refractivity contribution in [2.45, 2.75) is 51.8 Å². The Bertz CT molecular complexity index is 655. The highest BCUT2D eigenvalue weighted by molar-refractivity contribution is 7.88. The van der Waals surface area contributed by atoms with E-state index in [1.54, 1.807) is 7.11 Å². The van der Waals surface area contributed by atoms with Gasteiger partial charge in [-0.2, -0.15) is 0 Å². The van der Waals surface area contributed by atoms with Gasteiger partial charge in [-0.25, -0.2) is 13.1 Å². The third-order valence-electron chi connectivity index (χ3n) is 4.54. The molecule has 1 heterocycles. The fourth-order valence-corrected chi connectivity index (χ4v) is 3.86. The van der Waals surface area contributed by atoms with Gasteiger partial charge in [0.15, 0.2) is 11.5 Å². The maximum atomic E-state index is 11.4. The highest BCUT2D eigenvalue weighted by atomic mass is 32.2. The van der Waals surface area contributed by atoms with Crippen LogP contribution in [0.5, 0.6) is 11.5 Å². The van der Waals surface area contributed by atoms with E-state index in [9.17, 15) is 8.42 Å². The molecule has 0 amide bonds. The first-order valence-corrected chi connectivity index (χ1v) is 10.7. The van der Waals surface area contributed by atoms with E-state index in [1.165, 1.54) is 6.26 Å². The van der Waals surface area contributed by atoms with Crippen molar-refractivity contribution in [2.75, 3.05) is 26.5 Å². The van der Waals surface area contributed by atoms with Crippen molar-refractivity contribution in [3.8, 4) is 11.5 Å². The van der Waals surface area contributed by atoms with Gasteiger partial charge in [-0.05, 0) is 32.3 Å². The minimum atomic E-state index is -3.14. The molecule has 1 atom stereocenters. The zero-order valence-corrected chi connectivity index (χ0v) is 16.4. The predicted molar refractivity (Wildman–Crippen MR) is 99.7 cm³/mol. The van der Waals surface area contributed by atoms with Crippen molar-refractivity contribution >= 4 is 10.0 Å². The number of hydrogen-bond donors (Lipinski definition) is 1. The van der Waals surface area contributed by atoms with Crippen molar-refractivity contribution in [2.24, 2.45) is 0 Å². The number of piperidine rings is 1. The lowest BCUT2D eigenvalue weighted by atomic mass is 10.0. The SMILES string of the molecule is CC[C@H](C)Oc1c(CN2CCC(NS(C)(=O)=O)CC2)cccc1OC. The summed E-state index contributed by atoms with van der Waals surface area (Å²) < 4.78 is 37.0. The fraction of sp³-hybridized carbons (Fsp3) is 0.667. The maximum Gasteiger partial charge on any atom is 0.208 e. The molecule has 1 N–H and O–H groups in total. The summed E-state index contributed by atoms with van der Waals surface area (Å²) in [5.74, 6) is 1.57. The number of nitrogens with one attached hydrogen (secondary N) is 1. The van der Waals surface area contributed by atoms with Gasteiger partial charge in [-0.15, -0.1) is 0 Å². The summed E-state index contributed by atoms with van der Waals surface area (Å²) >= 11 is 0. The highest BCUT2D eigenvalue weighted by Crippen LogP contribution is 2.33. The first-order chi connectivity index (χ1) is 11.8. The molecule has 2 rings (SSSR count). The van der Waals surface area contributed by atoms with E-state index < -0.39 is 10.0 Å². The van der Waals surface area contributed by atoms with Gasteiger partial charge < -0.3 is 9.47 Å². The fourth-order valence-electron chi connectivity index (χ4n) is 3.02. The van der Waals surface area contributed by atoms with Crippen molar-refractivity contribution in [1.29, 1.82) is 0 Å². The molecule has 7 heteroatoms. The molecule has 0 aliphatic carbocycles. The topological polar surface area (TPSA) is 67.9 Å². The van der Waals surface area contributed by atoms with E-state index in [4.69, 9.17) is 9.47 Å². The molecule has 1 aliphatic heterocycles. The quantitative estimate of drug-likeness (QED) is 0.761. The molecular weight excluding hydrogens is 340 g/mol. The zero-order chi connectivity index (χ0) is 18.4. The molecule has 0 spiro atoms. The summed E-state index contributed by atoms with van der Waals surface area (Å²) in [5.41, 5.74) is 1.11. The van der Waals surface area contributed by atoms with E-state index in [2.05, 4.69) is 29.5 Å². The van der Waals surface area contributed by atoms with Crippen molar-refractivity contribution in [1.82, 2.24) is 9.62 Å². The Hall–Kier alpha value is -1.31. The number of benzene rings is 1. The van der Waals surface area contributed by atoms with E-state index in [1.807, 2.05) is 12.1 Å². The normalized spacial score (nSPS) is 18.1. The van der Waals surface area contributed by atoms with Gasteiger partial charge in [-0.1, -0.05) is 19.1 Å². The number of sulfonamides is 1. The Morgan fingerprint density at radius 2 is 2.00 bits per heavy atom. The molecule has 1 aromatic rings. The zero-order valence-electron chi connectivity index (χ0n) is 15.6. The van der Waals surface area contributed by atoms with E-state index >= 15 is 0 Å². The van der Waals surface area contributed by atoms with Gasteiger partial charge >= 0.3 is 0 Å². The Labute approximate surface area is 151 Å². The van der Waals surface area contributed by atoms with Gasteiger partial charge in [0.05, 0.1) is 19.5 Å². The minimum Gasteiger partial charge on any atom is -0.493 e. The molecule has 6 nitrogen and oxygen atoms in total. The van der Waals surface area contributed by atoms with Crippen LogP contribution in [0.2, 0.25) is 0 Å². The predicted octanol–water partition coefficient (Wildman–Crippen LogP) is 2.39. The largest absolute Gasteiger partial charge is 0.493 e. The van der Waals surface area contributed by atoms with Gasteiger partial charge in [0.25, 0.3) is 0 Å². The Kier molecular flexibility index (Phi) is 7.10. The lowest BCUT2D eigenvalue weighted by Gasteiger charge is -2.32. The summed E-state index contributed by atoms with van der Waals surface area (Å²) in [6.45, 7) is 6.63. The Balaban J connectivity index is 2.03. The first-order valence-electron chi connectivity index (χ1n) is 8.84. The molecule has 142 valence electrons. The molecule has 1 saturated heterocycles. The standard InChI is InChI=1S/C18H30N2O4S/c1-5-14(2)24-18-15(7-6-8-17(18)23-3)13-20-11-9-16(10-12-20)19-25(4,21)22/h6-8,14,16,19H,5,9-13H2,1-4H3/t14-/m0/s1. The van der Waals surface area contributed by atoms with E-state index in [0.29, 0.717) is 0 Å². The smallest absolute Gasteiger partial charge is 0.208 e. The average molecular weight is 371 g/mol. The molecule has 1 fully saturated rings. The average Bonchev–Trinajstić information content (AvgIpc) is 2.56. The van der Waals surface area contributed by atoms with E-state index in [-0.39, 0.29) is 12.1 Å². The maximum absolute atomic E-state index is 11.4. The summed E-state index contributed by atoms with van der Waals surface area (Å²) in [4.78, 5) is 2.33. The second-order valence-corrected chi connectivity index (χ2v) is 8.51. The van der Waals surface area contributed by atoms with Crippen molar-refractivity contribution in [3.05, 3.63) is 23.8 Å². The first kappa shape index (κ1) is 20.0. The Morgan fingerprint density at radius 1 is 1.32 bits per heavy atom. The van der Waals surface area contributed by atoms with Crippen LogP contribution >= 0.6 is 0 Å². The van der Waals surface area contributed by atoms with Crippen LogP contribution in [0.4, 0.5) is 0 Å². The van der Waals surface area contributed by atoms with Gasteiger partial charge in [0, 0.05) is 31.2 Å². The number of nitrogens with zero attached hydrogens (tertiary/aromatic N) is 1. The van der Waals surface area contributed by atoms with E-state index in [0.717, 1.165) is 56.0 Å². The second-order valence-electron chi connectivity index (χ2n) is 6.73. The number of ether oxygens (including phenoxy) is 2. The Morgan fingerprint density at radius 3 is 2.56 bits per heavy atom. The van der Waals surface area contributed by atoms with Gasteiger partial charge in [0.2, 0.25) is 10.0 Å². The van der Waals surface area contributed by atoms with Crippen LogP contribution in [0.15, 0.2) is 18.2 Å². The number of methoxy groups -OCH3 is 1. The van der Waals surface area contributed by atoms with Gasteiger partial charge in [-0.3, -0.25) is 4.90 Å². The van der Waals surface area contributed by atoms with Crippen LogP contribution in [-0.2, 0) is 16.6 Å². The van der Waals surface area contributed by atoms with Gasteiger partial charge in [0.1, 0.15) is 0 Å². The van der Waals surface area contributed by atoms with Crippen molar-refractivity contribution < 1.29 is 17.9 Å². The molecule has 25 heavy (non-hydrogen) atoms. The lowest BCUT2D eigenvalue weighted by molar-refractivity contribution is 0.183. The van der Waals surface area contributed by atoms with Crippen molar-refractivity contribution in [3.63, 3.8) is 0 Å². The molecule has 0 aromatic heterocycles. The number of likely N-dealkylation sites (tertiary alicyclic amines) is 1. The summed E-state index contributed by atoms with van der Waals surface area (Å²) in [6, 6.07) is 6.01. The van der Waals surface area contributed by atoms with Crippen LogP contribution in [0.3, 0.4) is 0 Å².